The average molecular weight is 336 g/mol. The van der Waals surface area contributed by atoms with Crippen molar-refractivity contribution in [1.29, 1.82) is 0 Å². The van der Waals surface area contributed by atoms with Gasteiger partial charge >= 0.3 is 6.03 Å². The van der Waals surface area contributed by atoms with Gasteiger partial charge in [0.25, 0.3) is 0 Å². The summed E-state index contributed by atoms with van der Waals surface area (Å²) in [5.74, 6) is 0.954. The third-order valence-electron chi connectivity index (χ3n) is 3.26. The number of hydrogen-bond acceptors (Lipinski definition) is 4. The standard InChI is InChI=1S/C16H20N2O2S2/c1-16(20,13-7-8-22-10-13)11-17-15(19)18-14-5-3-12(4-6-14)9-21-2/h3-8,10,20H,9,11H2,1-2H3,(H2,17,18,19). The molecule has 1 aromatic heterocycles. The lowest BCUT2D eigenvalue weighted by Gasteiger charge is -2.22. The minimum atomic E-state index is -1.07. The van der Waals surface area contributed by atoms with E-state index in [1.54, 1.807) is 18.7 Å². The summed E-state index contributed by atoms with van der Waals surface area (Å²) in [4.78, 5) is 11.9. The SMILES string of the molecule is CSCc1ccc(NC(=O)NCC(C)(O)c2ccsc2)cc1. The van der Waals surface area contributed by atoms with Gasteiger partial charge in [0.1, 0.15) is 5.60 Å². The number of carbonyl (C=O) groups is 1. The summed E-state index contributed by atoms with van der Waals surface area (Å²) in [5.41, 5.74) is 1.69. The Bertz CT molecular complexity index is 595. The Morgan fingerprint density at radius 1 is 1.32 bits per heavy atom. The number of carbonyl (C=O) groups excluding carboxylic acids is 1. The highest BCUT2D eigenvalue weighted by atomic mass is 32.2. The maximum absolute atomic E-state index is 11.9. The Labute approximate surface area is 138 Å². The van der Waals surface area contributed by atoms with Crippen molar-refractivity contribution < 1.29 is 9.90 Å². The van der Waals surface area contributed by atoms with Crippen molar-refractivity contribution in [3.8, 4) is 0 Å². The van der Waals surface area contributed by atoms with Gasteiger partial charge in [-0.2, -0.15) is 23.1 Å². The smallest absolute Gasteiger partial charge is 0.319 e. The number of rotatable bonds is 6. The Kier molecular flexibility index (Phi) is 5.88. The van der Waals surface area contributed by atoms with Crippen LogP contribution in [-0.2, 0) is 11.4 Å². The summed E-state index contributed by atoms with van der Waals surface area (Å²) < 4.78 is 0. The lowest BCUT2D eigenvalue weighted by atomic mass is 9.99. The molecule has 0 aliphatic carbocycles. The van der Waals surface area contributed by atoms with E-state index in [-0.39, 0.29) is 12.6 Å². The molecule has 0 aliphatic rings. The van der Waals surface area contributed by atoms with E-state index in [9.17, 15) is 9.90 Å². The van der Waals surface area contributed by atoms with Crippen LogP contribution in [-0.4, -0.2) is 23.9 Å². The Hall–Kier alpha value is -1.50. The second kappa shape index (κ2) is 7.67. The highest BCUT2D eigenvalue weighted by Crippen LogP contribution is 2.22. The monoisotopic (exact) mass is 336 g/mol. The van der Waals surface area contributed by atoms with Crippen LogP contribution in [0.25, 0.3) is 0 Å². The van der Waals surface area contributed by atoms with Crippen LogP contribution in [0, 0.1) is 0 Å². The topological polar surface area (TPSA) is 61.4 Å². The first kappa shape index (κ1) is 16.9. The van der Waals surface area contributed by atoms with Crippen LogP contribution in [0.1, 0.15) is 18.1 Å². The zero-order chi connectivity index (χ0) is 16.0. The third-order valence-corrected chi connectivity index (χ3v) is 4.56. The van der Waals surface area contributed by atoms with E-state index in [0.717, 1.165) is 17.0 Å². The molecule has 3 N–H and O–H groups in total. The van der Waals surface area contributed by atoms with E-state index in [0.29, 0.717) is 0 Å². The number of amides is 2. The molecule has 0 saturated carbocycles. The fourth-order valence-corrected chi connectivity index (χ4v) is 3.26. The maximum atomic E-state index is 11.9. The predicted octanol–water partition coefficient (Wildman–Crippen LogP) is 3.64. The first-order valence-corrected chi connectivity index (χ1v) is 9.23. The van der Waals surface area contributed by atoms with Gasteiger partial charge in [-0.3, -0.25) is 0 Å². The quantitative estimate of drug-likeness (QED) is 0.755. The number of aliphatic hydroxyl groups is 1. The Balaban J connectivity index is 1.85. The van der Waals surface area contributed by atoms with Crippen molar-refractivity contribution in [1.82, 2.24) is 5.32 Å². The summed E-state index contributed by atoms with van der Waals surface area (Å²) >= 11 is 3.28. The summed E-state index contributed by atoms with van der Waals surface area (Å²) in [6, 6.07) is 9.27. The lowest BCUT2D eigenvalue weighted by Crippen LogP contribution is -2.40. The van der Waals surface area contributed by atoms with Crippen molar-refractivity contribution in [3.05, 3.63) is 52.2 Å². The van der Waals surface area contributed by atoms with Gasteiger partial charge in [0.15, 0.2) is 0 Å². The molecule has 6 heteroatoms. The largest absolute Gasteiger partial charge is 0.384 e. The second-order valence-electron chi connectivity index (χ2n) is 5.22. The van der Waals surface area contributed by atoms with Gasteiger partial charge in [-0.05, 0) is 53.3 Å². The summed E-state index contributed by atoms with van der Waals surface area (Å²) in [6.45, 7) is 1.84. The second-order valence-corrected chi connectivity index (χ2v) is 6.87. The molecule has 0 saturated heterocycles. The van der Waals surface area contributed by atoms with Crippen LogP contribution in [0.2, 0.25) is 0 Å². The highest BCUT2D eigenvalue weighted by molar-refractivity contribution is 7.97. The molecule has 4 nitrogen and oxygen atoms in total. The van der Waals surface area contributed by atoms with E-state index in [1.807, 2.05) is 41.1 Å². The van der Waals surface area contributed by atoms with Crippen LogP contribution in [0.3, 0.4) is 0 Å². The number of anilines is 1. The minimum Gasteiger partial charge on any atom is -0.384 e. The molecular weight excluding hydrogens is 316 g/mol. The van der Waals surface area contributed by atoms with E-state index in [4.69, 9.17) is 0 Å². The summed E-state index contributed by atoms with van der Waals surface area (Å²) in [6.07, 6.45) is 2.05. The number of urea groups is 1. The van der Waals surface area contributed by atoms with Crippen LogP contribution < -0.4 is 10.6 Å². The minimum absolute atomic E-state index is 0.153. The molecule has 2 aromatic rings. The van der Waals surface area contributed by atoms with Crippen LogP contribution in [0.15, 0.2) is 41.1 Å². The number of nitrogens with one attached hydrogen (secondary N) is 2. The van der Waals surface area contributed by atoms with E-state index in [1.165, 1.54) is 16.9 Å². The molecule has 118 valence electrons. The van der Waals surface area contributed by atoms with Gasteiger partial charge < -0.3 is 15.7 Å². The Morgan fingerprint density at radius 2 is 2.05 bits per heavy atom. The van der Waals surface area contributed by atoms with Crippen LogP contribution >= 0.6 is 23.1 Å². The van der Waals surface area contributed by atoms with Gasteiger partial charge in [0.05, 0.1) is 6.54 Å². The van der Waals surface area contributed by atoms with Gasteiger partial charge in [0.2, 0.25) is 0 Å². The van der Waals surface area contributed by atoms with Crippen molar-refractivity contribution in [2.75, 3.05) is 18.1 Å². The molecule has 1 atom stereocenters. The molecule has 0 bridgehead atoms. The van der Waals surface area contributed by atoms with Crippen molar-refractivity contribution in [2.24, 2.45) is 0 Å². The molecule has 1 unspecified atom stereocenters. The molecular formula is C16H20N2O2S2. The molecule has 22 heavy (non-hydrogen) atoms. The molecule has 2 rings (SSSR count). The zero-order valence-corrected chi connectivity index (χ0v) is 14.3. The van der Waals surface area contributed by atoms with Gasteiger partial charge in [-0.15, -0.1) is 0 Å². The molecule has 2 amide bonds. The van der Waals surface area contributed by atoms with Gasteiger partial charge in [0, 0.05) is 11.4 Å². The molecule has 0 radical (unpaired) electrons. The molecule has 0 fully saturated rings. The van der Waals surface area contributed by atoms with E-state index >= 15 is 0 Å². The number of hydrogen-bond donors (Lipinski definition) is 3. The normalized spacial score (nSPS) is 13.4. The maximum Gasteiger partial charge on any atom is 0.319 e. The first-order chi connectivity index (χ1) is 10.5. The number of benzene rings is 1. The van der Waals surface area contributed by atoms with Crippen molar-refractivity contribution in [2.45, 2.75) is 18.3 Å². The average Bonchev–Trinajstić information content (AvgIpc) is 3.03. The predicted molar refractivity (Wildman–Crippen MR) is 94.6 cm³/mol. The molecule has 0 aliphatic heterocycles. The highest BCUT2D eigenvalue weighted by Gasteiger charge is 2.24. The fourth-order valence-electron chi connectivity index (χ4n) is 1.95. The summed E-state index contributed by atoms with van der Waals surface area (Å²) in [7, 11) is 0. The van der Waals surface area contributed by atoms with Crippen LogP contribution in [0.5, 0.6) is 0 Å². The first-order valence-electron chi connectivity index (χ1n) is 6.89. The van der Waals surface area contributed by atoms with Gasteiger partial charge in [-0.25, -0.2) is 4.79 Å². The van der Waals surface area contributed by atoms with E-state index in [2.05, 4.69) is 16.9 Å². The van der Waals surface area contributed by atoms with Crippen molar-refractivity contribution >= 4 is 34.8 Å². The summed E-state index contributed by atoms with van der Waals surface area (Å²) in [5, 5.41) is 19.6. The van der Waals surface area contributed by atoms with Gasteiger partial charge in [-0.1, -0.05) is 12.1 Å². The number of thiophene rings is 1. The lowest BCUT2D eigenvalue weighted by molar-refractivity contribution is 0.0604. The fraction of sp³-hybridized carbons (Fsp3) is 0.312. The van der Waals surface area contributed by atoms with Crippen molar-refractivity contribution in [3.63, 3.8) is 0 Å². The zero-order valence-electron chi connectivity index (χ0n) is 12.6. The molecule has 1 heterocycles. The third kappa shape index (κ3) is 4.76. The van der Waals surface area contributed by atoms with E-state index < -0.39 is 5.60 Å². The number of thioether (sulfide) groups is 1. The van der Waals surface area contributed by atoms with Crippen LogP contribution in [0.4, 0.5) is 10.5 Å². The molecule has 1 aromatic carbocycles. The Morgan fingerprint density at radius 3 is 2.64 bits per heavy atom. The molecule has 0 spiro atoms.